The van der Waals surface area contributed by atoms with Gasteiger partial charge in [-0.15, -0.1) is 0 Å². The van der Waals surface area contributed by atoms with E-state index in [4.69, 9.17) is 4.84 Å². The van der Waals surface area contributed by atoms with Crippen molar-refractivity contribution in [3.63, 3.8) is 0 Å². The van der Waals surface area contributed by atoms with Crippen LogP contribution in [-0.4, -0.2) is 6.61 Å². The lowest BCUT2D eigenvalue weighted by atomic mass is 9.97. The SMILES string of the molecule is Cc1cc(C)c(C(C)NOCC(C)C)cc1C. The monoisotopic (exact) mass is 235 g/mol. The van der Waals surface area contributed by atoms with Crippen LogP contribution >= 0.6 is 0 Å². The summed E-state index contributed by atoms with van der Waals surface area (Å²) in [5, 5.41) is 0. The fourth-order valence-corrected chi connectivity index (χ4v) is 1.85. The first-order chi connectivity index (χ1) is 7.91. The lowest BCUT2D eigenvalue weighted by molar-refractivity contribution is 0.00396. The fraction of sp³-hybridized carbons (Fsp3) is 0.600. The number of rotatable bonds is 5. The molecule has 0 amide bonds. The van der Waals surface area contributed by atoms with Crippen molar-refractivity contribution >= 4 is 0 Å². The highest BCUT2D eigenvalue weighted by Crippen LogP contribution is 2.21. The average Bonchev–Trinajstić information content (AvgIpc) is 2.22. The zero-order chi connectivity index (χ0) is 13.0. The molecule has 2 heteroatoms. The molecule has 2 nitrogen and oxygen atoms in total. The van der Waals surface area contributed by atoms with Crippen molar-refractivity contribution in [2.45, 2.75) is 47.6 Å². The second kappa shape index (κ2) is 6.18. The van der Waals surface area contributed by atoms with Crippen molar-refractivity contribution in [3.05, 3.63) is 34.4 Å². The van der Waals surface area contributed by atoms with Crippen LogP contribution in [0.4, 0.5) is 0 Å². The highest BCUT2D eigenvalue weighted by molar-refractivity contribution is 5.37. The van der Waals surface area contributed by atoms with Crippen LogP contribution in [0.25, 0.3) is 0 Å². The Morgan fingerprint density at radius 1 is 1.00 bits per heavy atom. The molecular formula is C15H25NO. The van der Waals surface area contributed by atoms with Gasteiger partial charge in [0.15, 0.2) is 0 Å². The van der Waals surface area contributed by atoms with Crippen molar-refractivity contribution in [1.82, 2.24) is 5.48 Å². The molecule has 0 bridgehead atoms. The minimum absolute atomic E-state index is 0.230. The van der Waals surface area contributed by atoms with Crippen LogP contribution in [0, 0.1) is 26.7 Å². The van der Waals surface area contributed by atoms with Gasteiger partial charge in [-0.2, -0.15) is 5.48 Å². The second-order valence-electron chi connectivity index (χ2n) is 5.34. The molecule has 1 atom stereocenters. The topological polar surface area (TPSA) is 21.3 Å². The molecule has 1 N–H and O–H groups in total. The van der Waals surface area contributed by atoms with Gasteiger partial charge in [-0.1, -0.05) is 26.0 Å². The van der Waals surface area contributed by atoms with E-state index in [9.17, 15) is 0 Å². The normalized spacial score (nSPS) is 13.1. The number of hydrogen-bond donors (Lipinski definition) is 1. The molecule has 0 spiro atoms. The minimum atomic E-state index is 0.230. The zero-order valence-electron chi connectivity index (χ0n) is 11.9. The predicted molar refractivity (Wildman–Crippen MR) is 73.0 cm³/mol. The average molecular weight is 235 g/mol. The van der Waals surface area contributed by atoms with Gasteiger partial charge in [0.05, 0.1) is 12.6 Å². The van der Waals surface area contributed by atoms with Crippen LogP contribution < -0.4 is 5.48 Å². The van der Waals surface area contributed by atoms with Gasteiger partial charge in [0.2, 0.25) is 0 Å². The molecule has 0 saturated heterocycles. The summed E-state index contributed by atoms with van der Waals surface area (Å²) in [6.07, 6.45) is 0. The number of benzene rings is 1. The Labute approximate surface area is 105 Å². The summed E-state index contributed by atoms with van der Waals surface area (Å²) in [5.74, 6) is 0.551. The highest BCUT2D eigenvalue weighted by atomic mass is 16.6. The number of hydroxylamine groups is 1. The van der Waals surface area contributed by atoms with E-state index in [1.165, 1.54) is 22.3 Å². The first-order valence-electron chi connectivity index (χ1n) is 6.37. The number of hydrogen-bond acceptors (Lipinski definition) is 2. The van der Waals surface area contributed by atoms with Gasteiger partial charge in [-0.3, -0.25) is 0 Å². The van der Waals surface area contributed by atoms with E-state index in [2.05, 4.69) is 59.2 Å². The van der Waals surface area contributed by atoms with Gasteiger partial charge in [0.25, 0.3) is 0 Å². The molecule has 96 valence electrons. The van der Waals surface area contributed by atoms with Crippen LogP contribution in [0.15, 0.2) is 12.1 Å². The summed E-state index contributed by atoms with van der Waals surface area (Å²) >= 11 is 0. The quantitative estimate of drug-likeness (QED) is 0.783. The van der Waals surface area contributed by atoms with Gasteiger partial charge < -0.3 is 4.84 Å². The third-order valence-electron chi connectivity index (χ3n) is 3.03. The molecule has 1 unspecified atom stereocenters. The van der Waals surface area contributed by atoms with E-state index >= 15 is 0 Å². The maximum atomic E-state index is 5.49. The summed E-state index contributed by atoms with van der Waals surface area (Å²) in [7, 11) is 0. The standard InChI is InChI=1S/C15H25NO/c1-10(2)9-17-16-14(6)15-8-12(4)11(3)7-13(15)5/h7-8,10,14,16H,9H2,1-6H3. The summed E-state index contributed by atoms with van der Waals surface area (Å²) < 4.78 is 0. The number of aryl methyl sites for hydroxylation is 3. The number of nitrogens with one attached hydrogen (secondary N) is 1. The van der Waals surface area contributed by atoms with Crippen LogP contribution in [0.5, 0.6) is 0 Å². The highest BCUT2D eigenvalue weighted by Gasteiger charge is 2.10. The Kier molecular flexibility index (Phi) is 5.16. The Hall–Kier alpha value is -0.860. The third-order valence-corrected chi connectivity index (χ3v) is 3.03. The summed E-state index contributed by atoms with van der Waals surface area (Å²) in [6.45, 7) is 13.6. The van der Waals surface area contributed by atoms with Gasteiger partial charge in [0.1, 0.15) is 0 Å². The predicted octanol–water partition coefficient (Wildman–Crippen LogP) is 3.85. The van der Waals surface area contributed by atoms with E-state index in [1.807, 2.05) is 0 Å². The Bertz CT molecular complexity index is 371. The van der Waals surface area contributed by atoms with Crippen LogP contribution in [0.2, 0.25) is 0 Å². The van der Waals surface area contributed by atoms with Crippen molar-refractivity contribution in [3.8, 4) is 0 Å². The summed E-state index contributed by atoms with van der Waals surface area (Å²) in [5.41, 5.74) is 8.44. The summed E-state index contributed by atoms with van der Waals surface area (Å²) in [4.78, 5) is 5.49. The third kappa shape index (κ3) is 4.14. The van der Waals surface area contributed by atoms with E-state index < -0.39 is 0 Å². The van der Waals surface area contributed by atoms with Crippen molar-refractivity contribution in [1.29, 1.82) is 0 Å². The Balaban J connectivity index is 2.68. The Morgan fingerprint density at radius 2 is 1.59 bits per heavy atom. The molecule has 1 aromatic carbocycles. The van der Waals surface area contributed by atoms with E-state index in [0.29, 0.717) is 5.92 Å². The molecule has 1 aromatic rings. The maximum absolute atomic E-state index is 5.49. The van der Waals surface area contributed by atoms with E-state index in [0.717, 1.165) is 6.61 Å². The zero-order valence-corrected chi connectivity index (χ0v) is 11.9. The minimum Gasteiger partial charge on any atom is -0.301 e. The van der Waals surface area contributed by atoms with Gasteiger partial charge in [-0.05, 0) is 55.9 Å². The molecule has 0 saturated carbocycles. The van der Waals surface area contributed by atoms with Crippen molar-refractivity contribution in [2.75, 3.05) is 6.61 Å². The first-order valence-corrected chi connectivity index (χ1v) is 6.37. The van der Waals surface area contributed by atoms with E-state index in [1.54, 1.807) is 0 Å². The summed E-state index contributed by atoms with van der Waals surface area (Å²) in [6, 6.07) is 4.72. The second-order valence-corrected chi connectivity index (χ2v) is 5.34. The lowest BCUT2D eigenvalue weighted by Crippen LogP contribution is -2.22. The van der Waals surface area contributed by atoms with Crippen molar-refractivity contribution < 1.29 is 4.84 Å². The molecule has 0 radical (unpaired) electrons. The van der Waals surface area contributed by atoms with Gasteiger partial charge in [0, 0.05) is 0 Å². The van der Waals surface area contributed by atoms with Crippen LogP contribution in [0.3, 0.4) is 0 Å². The molecule has 1 rings (SSSR count). The molecule has 0 aromatic heterocycles. The molecule has 0 fully saturated rings. The Morgan fingerprint density at radius 3 is 2.18 bits per heavy atom. The molecule has 0 aliphatic heterocycles. The van der Waals surface area contributed by atoms with E-state index in [-0.39, 0.29) is 6.04 Å². The molecular weight excluding hydrogens is 210 g/mol. The molecule has 17 heavy (non-hydrogen) atoms. The van der Waals surface area contributed by atoms with Crippen LogP contribution in [-0.2, 0) is 4.84 Å². The van der Waals surface area contributed by atoms with Gasteiger partial charge in [-0.25, -0.2) is 0 Å². The smallest absolute Gasteiger partial charge is 0.0705 e. The fourth-order valence-electron chi connectivity index (χ4n) is 1.85. The molecule has 0 aliphatic carbocycles. The first kappa shape index (κ1) is 14.2. The van der Waals surface area contributed by atoms with Crippen LogP contribution in [0.1, 0.15) is 49.1 Å². The van der Waals surface area contributed by atoms with Gasteiger partial charge >= 0.3 is 0 Å². The van der Waals surface area contributed by atoms with Crippen molar-refractivity contribution in [2.24, 2.45) is 5.92 Å². The largest absolute Gasteiger partial charge is 0.301 e. The molecule has 0 aliphatic rings. The lowest BCUT2D eigenvalue weighted by Gasteiger charge is -2.18. The maximum Gasteiger partial charge on any atom is 0.0705 e. The molecule has 0 heterocycles.